The Labute approximate surface area is 118 Å². The van der Waals surface area contributed by atoms with Crippen LogP contribution >= 0.6 is 11.8 Å². The van der Waals surface area contributed by atoms with E-state index < -0.39 is 0 Å². The highest BCUT2D eigenvalue weighted by Crippen LogP contribution is 2.26. The predicted octanol–water partition coefficient (Wildman–Crippen LogP) is 1.48. The molecule has 0 aliphatic heterocycles. The van der Waals surface area contributed by atoms with Crippen LogP contribution < -0.4 is 0 Å². The fraction of sp³-hybridized carbons (Fsp3) is 0. The van der Waals surface area contributed by atoms with E-state index in [-0.39, 0.29) is 5.69 Å². The minimum atomic E-state index is 0.250. The summed E-state index contributed by atoms with van der Waals surface area (Å²) in [5, 5.41) is 21.6. The first-order valence-electron chi connectivity index (χ1n) is 5.61. The smallest absolute Gasteiger partial charge is 0.220 e. The monoisotopic (exact) mass is 281 g/mol. The number of para-hydroxylation sites is 1. The molecular formula is C12H7N7S. The highest BCUT2D eigenvalue weighted by Gasteiger charge is 2.13. The average molecular weight is 281 g/mol. The summed E-state index contributed by atoms with van der Waals surface area (Å²) >= 11 is 1.20. The van der Waals surface area contributed by atoms with Crippen molar-refractivity contribution in [1.29, 1.82) is 5.26 Å². The molecule has 0 N–H and O–H groups in total. The van der Waals surface area contributed by atoms with Crippen LogP contribution in [-0.2, 0) is 0 Å². The van der Waals surface area contributed by atoms with Gasteiger partial charge in [-0.05, 0) is 34.3 Å². The molecule has 0 saturated carbocycles. The van der Waals surface area contributed by atoms with Crippen molar-refractivity contribution in [2.24, 2.45) is 0 Å². The van der Waals surface area contributed by atoms with Crippen LogP contribution in [0.15, 0.2) is 52.9 Å². The van der Waals surface area contributed by atoms with Crippen LogP contribution in [0, 0.1) is 11.3 Å². The molecule has 20 heavy (non-hydrogen) atoms. The summed E-state index contributed by atoms with van der Waals surface area (Å²) < 4.78 is 1.58. The minimum Gasteiger partial charge on any atom is -0.245 e. The number of aromatic nitrogens is 6. The van der Waals surface area contributed by atoms with E-state index in [9.17, 15) is 0 Å². The fourth-order valence-corrected chi connectivity index (χ4v) is 2.32. The van der Waals surface area contributed by atoms with Gasteiger partial charge >= 0.3 is 0 Å². The third-order valence-electron chi connectivity index (χ3n) is 2.40. The van der Waals surface area contributed by atoms with Crippen molar-refractivity contribution in [3.63, 3.8) is 0 Å². The molecule has 0 aliphatic rings. The Kier molecular flexibility index (Phi) is 3.34. The third kappa shape index (κ3) is 2.34. The van der Waals surface area contributed by atoms with Crippen LogP contribution in [0.5, 0.6) is 0 Å². The lowest BCUT2D eigenvalue weighted by atomic mass is 10.3. The van der Waals surface area contributed by atoms with E-state index in [1.807, 2.05) is 36.4 Å². The van der Waals surface area contributed by atoms with E-state index in [0.717, 1.165) is 5.69 Å². The Morgan fingerprint density at radius 2 is 1.90 bits per heavy atom. The van der Waals surface area contributed by atoms with E-state index in [4.69, 9.17) is 5.26 Å². The summed E-state index contributed by atoms with van der Waals surface area (Å²) in [5.41, 5.74) is 1.09. The molecule has 0 unspecified atom stereocenters. The Morgan fingerprint density at radius 3 is 2.70 bits per heavy atom. The molecule has 0 atom stereocenters. The number of tetrazole rings is 1. The molecule has 0 bridgehead atoms. The van der Waals surface area contributed by atoms with Crippen molar-refractivity contribution in [2.45, 2.75) is 10.2 Å². The maximum Gasteiger partial charge on any atom is 0.220 e. The Hall–Kier alpha value is -2.79. The molecule has 8 heteroatoms. The van der Waals surface area contributed by atoms with Gasteiger partial charge in [0.2, 0.25) is 5.16 Å². The van der Waals surface area contributed by atoms with Crippen molar-refractivity contribution in [3.05, 3.63) is 48.4 Å². The molecule has 0 aliphatic carbocycles. The standard InChI is InChI=1S/C12H7N7S/c13-8-10-11(15-7-6-14-10)20-12-16-17-18-19(12)9-4-2-1-3-5-9/h1-7H. The number of nitrogens with zero attached hydrogens (tertiary/aromatic N) is 7. The zero-order chi connectivity index (χ0) is 13.8. The van der Waals surface area contributed by atoms with Crippen molar-refractivity contribution in [2.75, 3.05) is 0 Å². The van der Waals surface area contributed by atoms with Crippen molar-refractivity contribution in [1.82, 2.24) is 30.2 Å². The van der Waals surface area contributed by atoms with Gasteiger partial charge in [0.1, 0.15) is 11.1 Å². The summed E-state index contributed by atoms with van der Waals surface area (Å²) in [6, 6.07) is 11.5. The zero-order valence-corrected chi connectivity index (χ0v) is 10.9. The van der Waals surface area contributed by atoms with E-state index in [2.05, 4.69) is 25.5 Å². The lowest BCUT2D eigenvalue weighted by Crippen LogP contribution is -1.99. The van der Waals surface area contributed by atoms with Gasteiger partial charge in [-0.2, -0.15) is 9.94 Å². The molecule has 0 amide bonds. The lowest BCUT2D eigenvalue weighted by molar-refractivity contribution is 0.755. The maximum absolute atomic E-state index is 9.01. The number of benzene rings is 1. The summed E-state index contributed by atoms with van der Waals surface area (Å²) in [4.78, 5) is 8.09. The van der Waals surface area contributed by atoms with Gasteiger partial charge in [-0.25, -0.2) is 9.97 Å². The Balaban J connectivity index is 1.98. The van der Waals surface area contributed by atoms with Crippen LogP contribution in [0.3, 0.4) is 0 Å². The SMILES string of the molecule is N#Cc1nccnc1Sc1nnnn1-c1ccccc1. The van der Waals surface area contributed by atoms with E-state index in [0.29, 0.717) is 10.2 Å². The zero-order valence-electron chi connectivity index (χ0n) is 10.1. The van der Waals surface area contributed by atoms with Crippen molar-refractivity contribution in [3.8, 4) is 11.8 Å². The molecule has 7 nitrogen and oxygen atoms in total. The van der Waals surface area contributed by atoms with Crippen molar-refractivity contribution < 1.29 is 0 Å². The van der Waals surface area contributed by atoms with E-state index >= 15 is 0 Å². The highest BCUT2D eigenvalue weighted by atomic mass is 32.2. The normalized spacial score (nSPS) is 10.2. The second kappa shape index (κ2) is 5.46. The fourth-order valence-electron chi connectivity index (χ4n) is 1.54. The van der Waals surface area contributed by atoms with Gasteiger partial charge < -0.3 is 0 Å². The molecule has 0 fully saturated rings. The summed E-state index contributed by atoms with van der Waals surface area (Å²) in [5.74, 6) is 0. The quantitative estimate of drug-likeness (QED) is 0.717. The second-order valence-corrected chi connectivity index (χ2v) is 4.59. The molecule has 3 rings (SSSR count). The van der Waals surface area contributed by atoms with Crippen molar-refractivity contribution >= 4 is 11.8 Å². The average Bonchev–Trinajstić information content (AvgIpc) is 2.97. The first-order chi connectivity index (χ1) is 9.88. The van der Waals surface area contributed by atoms with Crippen LogP contribution in [0.2, 0.25) is 0 Å². The summed E-state index contributed by atoms with van der Waals surface area (Å²) in [6.07, 6.45) is 3.00. The van der Waals surface area contributed by atoms with Gasteiger partial charge in [-0.1, -0.05) is 18.2 Å². The molecule has 2 heterocycles. The Morgan fingerprint density at radius 1 is 1.10 bits per heavy atom. The van der Waals surface area contributed by atoms with Gasteiger partial charge in [0.15, 0.2) is 5.69 Å². The van der Waals surface area contributed by atoms with Gasteiger partial charge in [-0.3, -0.25) is 0 Å². The molecule has 0 spiro atoms. The van der Waals surface area contributed by atoms with Gasteiger partial charge in [0, 0.05) is 12.4 Å². The minimum absolute atomic E-state index is 0.250. The number of rotatable bonds is 3. The molecule has 0 saturated heterocycles. The largest absolute Gasteiger partial charge is 0.245 e. The van der Waals surface area contributed by atoms with E-state index in [1.54, 1.807) is 4.68 Å². The van der Waals surface area contributed by atoms with Crippen LogP contribution in [0.25, 0.3) is 5.69 Å². The van der Waals surface area contributed by atoms with Gasteiger partial charge in [0.25, 0.3) is 0 Å². The van der Waals surface area contributed by atoms with Crippen LogP contribution in [0.4, 0.5) is 0 Å². The van der Waals surface area contributed by atoms with Gasteiger partial charge in [-0.15, -0.1) is 5.10 Å². The summed E-state index contributed by atoms with van der Waals surface area (Å²) in [7, 11) is 0. The number of hydrogen-bond donors (Lipinski definition) is 0. The third-order valence-corrected chi connectivity index (χ3v) is 3.33. The summed E-state index contributed by atoms with van der Waals surface area (Å²) in [6.45, 7) is 0. The molecule has 3 aromatic rings. The molecule has 0 radical (unpaired) electrons. The van der Waals surface area contributed by atoms with E-state index in [1.165, 1.54) is 24.2 Å². The predicted molar refractivity (Wildman–Crippen MR) is 70.0 cm³/mol. The molecule has 96 valence electrons. The first kappa shape index (κ1) is 12.3. The van der Waals surface area contributed by atoms with Gasteiger partial charge in [0.05, 0.1) is 5.69 Å². The molecule has 2 aromatic heterocycles. The second-order valence-electron chi connectivity index (χ2n) is 3.63. The number of hydrogen-bond acceptors (Lipinski definition) is 7. The highest BCUT2D eigenvalue weighted by molar-refractivity contribution is 7.99. The molecule has 1 aromatic carbocycles. The van der Waals surface area contributed by atoms with Crippen LogP contribution in [0.1, 0.15) is 5.69 Å². The molecular weight excluding hydrogens is 274 g/mol. The number of nitriles is 1. The topological polar surface area (TPSA) is 93.2 Å². The lowest BCUT2D eigenvalue weighted by Gasteiger charge is -2.03. The Bertz CT molecular complexity index is 763. The van der Waals surface area contributed by atoms with Crippen LogP contribution in [-0.4, -0.2) is 30.2 Å². The maximum atomic E-state index is 9.01. The first-order valence-corrected chi connectivity index (χ1v) is 6.43.